The summed E-state index contributed by atoms with van der Waals surface area (Å²) in [5, 5.41) is 5.47. The maximum Gasteiger partial charge on any atom is 0.251 e. The maximum atomic E-state index is 14.9. The third-order valence-electron chi connectivity index (χ3n) is 5.67. The third kappa shape index (κ3) is 3.57. The number of methoxy groups -OCH3 is 1. The summed E-state index contributed by atoms with van der Waals surface area (Å²) in [5.74, 6) is -0.212. The van der Waals surface area contributed by atoms with E-state index in [-0.39, 0.29) is 23.3 Å². The molecule has 4 aromatic rings. The van der Waals surface area contributed by atoms with Gasteiger partial charge >= 0.3 is 0 Å². The Bertz CT molecular complexity index is 1430. The Kier molecular flexibility index (Phi) is 5.01. The molecule has 0 saturated heterocycles. The van der Waals surface area contributed by atoms with Gasteiger partial charge in [-0.05, 0) is 48.4 Å². The summed E-state index contributed by atoms with van der Waals surface area (Å²) in [6.07, 6.45) is 2.10. The van der Waals surface area contributed by atoms with E-state index in [4.69, 9.17) is 4.74 Å². The van der Waals surface area contributed by atoms with Crippen molar-refractivity contribution in [3.63, 3.8) is 0 Å². The number of amides is 2. The number of hydrogen-bond donors (Lipinski definition) is 2. The molecule has 3 heterocycles. The van der Waals surface area contributed by atoms with Crippen molar-refractivity contribution < 1.29 is 18.7 Å². The molecule has 0 fully saturated rings. The predicted octanol–water partition coefficient (Wildman–Crippen LogP) is 3.48. The van der Waals surface area contributed by atoms with Crippen LogP contribution in [0.15, 0.2) is 48.7 Å². The van der Waals surface area contributed by atoms with E-state index in [1.54, 1.807) is 25.2 Å². The second-order valence-corrected chi connectivity index (χ2v) is 7.65. The first-order valence-electron chi connectivity index (χ1n) is 10.4. The van der Waals surface area contributed by atoms with Gasteiger partial charge in [0.15, 0.2) is 5.82 Å². The summed E-state index contributed by atoms with van der Waals surface area (Å²) in [5.41, 5.74) is 4.40. The summed E-state index contributed by atoms with van der Waals surface area (Å²) in [4.78, 5) is 32.5. The molecule has 2 aromatic heterocycles. The molecule has 2 N–H and O–H groups in total. The predicted molar refractivity (Wildman–Crippen MR) is 121 cm³/mol. The Labute approximate surface area is 188 Å². The van der Waals surface area contributed by atoms with Crippen LogP contribution in [0.4, 0.5) is 10.1 Å². The van der Waals surface area contributed by atoms with E-state index in [1.165, 1.54) is 13.2 Å². The van der Waals surface area contributed by atoms with Crippen molar-refractivity contribution in [2.24, 2.45) is 0 Å². The van der Waals surface area contributed by atoms with Crippen molar-refractivity contribution in [1.82, 2.24) is 19.9 Å². The van der Waals surface area contributed by atoms with E-state index in [1.807, 2.05) is 22.8 Å². The molecule has 0 aliphatic carbocycles. The Morgan fingerprint density at radius 3 is 2.82 bits per heavy atom. The highest BCUT2D eigenvalue weighted by molar-refractivity contribution is 5.98. The van der Waals surface area contributed by atoms with Gasteiger partial charge in [0, 0.05) is 36.5 Å². The van der Waals surface area contributed by atoms with E-state index in [9.17, 15) is 14.0 Å². The molecule has 0 bridgehead atoms. The van der Waals surface area contributed by atoms with Crippen LogP contribution in [0, 0.1) is 5.82 Å². The lowest BCUT2D eigenvalue weighted by molar-refractivity contribution is -0.116. The van der Waals surface area contributed by atoms with E-state index < -0.39 is 5.82 Å². The zero-order valence-electron chi connectivity index (χ0n) is 18.0. The Balaban J connectivity index is 1.77. The number of pyridine rings is 1. The highest BCUT2D eigenvalue weighted by atomic mass is 19.1. The second kappa shape index (κ2) is 8.01. The van der Waals surface area contributed by atoms with Gasteiger partial charge in [-0.3, -0.25) is 14.2 Å². The van der Waals surface area contributed by atoms with Gasteiger partial charge in [-0.25, -0.2) is 14.4 Å². The van der Waals surface area contributed by atoms with E-state index in [0.29, 0.717) is 35.3 Å². The minimum absolute atomic E-state index is 0.0169. The Hall–Kier alpha value is -4.27. The molecule has 0 saturated carbocycles. The first kappa shape index (κ1) is 20.6. The number of imidazole rings is 1. The molecule has 5 rings (SSSR count). The van der Waals surface area contributed by atoms with Crippen LogP contribution in [0.5, 0.6) is 5.88 Å². The van der Waals surface area contributed by atoms with Crippen LogP contribution in [0.1, 0.15) is 22.3 Å². The van der Waals surface area contributed by atoms with Gasteiger partial charge in [0.25, 0.3) is 5.91 Å². The number of fused-ring (bicyclic) bond motifs is 2. The fourth-order valence-corrected chi connectivity index (χ4v) is 4.02. The number of ether oxygens (including phenoxy) is 1. The van der Waals surface area contributed by atoms with Crippen molar-refractivity contribution >= 4 is 28.5 Å². The zero-order valence-corrected chi connectivity index (χ0v) is 18.0. The lowest BCUT2D eigenvalue weighted by atomic mass is 10.0. The molecule has 8 nitrogen and oxygen atoms in total. The first-order valence-corrected chi connectivity index (χ1v) is 10.4. The summed E-state index contributed by atoms with van der Waals surface area (Å²) in [6, 6.07) is 12.3. The van der Waals surface area contributed by atoms with Crippen molar-refractivity contribution in [3.8, 4) is 23.0 Å². The van der Waals surface area contributed by atoms with Gasteiger partial charge in [0.2, 0.25) is 11.8 Å². The molecule has 0 radical (unpaired) electrons. The molecular weight excluding hydrogens is 425 g/mol. The number of nitrogens with zero attached hydrogens (tertiary/aromatic N) is 3. The number of aromatic nitrogens is 3. The van der Waals surface area contributed by atoms with Gasteiger partial charge < -0.3 is 15.4 Å². The fourth-order valence-electron chi connectivity index (χ4n) is 4.02. The van der Waals surface area contributed by atoms with Crippen molar-refractivity contribution in [2.45, 2.75) is 12.8 Å². The second-order valence-electron chi connectivity index (χ2n) is 7.65. The van der Waals surface area contributed by atoms with E-state index in [2.05, 4.69) is 20.6 Å². The van der Waals surface area contributed by atoms with Gasteiger partial charge in [0.1, 0.15) is 5.82 Å². The fraction of sp³-hybridized carbons (Fsp3) is 0.167. The summed E-state index contributed by atoms with van der Waals surface area (Å²) in [7, 11) is 3.02. The minimum Gasteiger partial charge on any atom is -0.481 e. The van der Waals surface area contributed by atoms with Crippen molar-refractivity contribution in [3.05, 3.63) is 65.6 Å². The molecular formula is C24H20FN5O3. The van der Waals surface area contributed by atoms with Crippen LogP contribution in [-0.2, 0) is 11.2 Å². The molecule has 1 aliphatic heterocycles. The lowest BCUT2D eigenvalue weighted by Gasteiger charge is -2.19. The zero-order chi connectivity index (χ0) is 23.1. The van der Waals surface area contributed by atoms with Gasteiger partial charge in [0.05, 0.1) is 29.9 Å². The standard InChI is InChI=1S/C24H20FN5O3/c1-26-24(32)14-3-7-20-19(10-14)29-23(16-11-22(33-2)27-12-17(16)25)30(20)15-5-6-18-13(9-15)4-8-21(31)28-18/h3,5-7,9-12H,4,8H2,1-2H3,(H,26,32)(H,28,31). The average Bonchev–Trinajstić information content (AvgIpc) is 3.22. The average molecular weight is 445 g/mol. The summed E-state index contributed by atoms with van der Waals surface area (Å²) >= 11 is 0. The number of nitrogens with one attached hydrogen (secondary N) is 2. The van der Waals surface area contributed by atoms with E-state index >= 15 is 0 Å². The molecule has 0 spiro atoms. The van der Waals surface area contributed by atoms with Gasteiger partial charge in [-0.1, -0.05) is 0 Å². The number of rotatable bonds is 4. The molecule has 2 amide bonds. The van der Waals surface area contributed by atoms with Crippen LogP contribution in [0.2, 0.25) is 0 Å². The van der Waals surface area contributed by atoms with E-state index in [0.717, 1.165) is 23.1 Å². The molecule has 9 heteroatoms. The van der Waals surface area contributed by atoms with Crippen molar-refractivity contribution in [1.29, 1.82) is 0 Å². The number of carbonyl (C=O) groups excluding carboxylic acids is 2. The number of aryl methyl sites for hydroxylation is 1. The SMILES string of the molecule is CNC(=O)c1ccc2c(c1)nc(-c1cc(OC)ncc1F)n2-c1ccc2c(c1)CCC(=O)N2. The Morgan fingerprint density at radius 2 is 2.03 bits per heavy atom. The summed E-state index contributed by atoms with van der Waals surface area (Å²) in [6.45, 7) is 0. The number of benzene rings is 2. The lowest BCUT2D eigenvalue weighted by Crippen LogP contribution is -2.19. The van der Waals surface area contributed by atoms with Gasteiger partial charge in [-0.15, -0.1) is 0 Å². The maximum absolute atomic E-state index is 14.9. The smallest absolute Gasteiger partial charge is 0.251 e. The molecule has 166 valence electrons. The van der Waals surface area contributed by atoms with Crippen LogP contribution in [-0.4, -0.2) is 40.5 Å². The third-order valence-corrected chi connectivity index (χ3v) is 5.67. The topological polar surface area (TPSA) is 98.1 Å². The first-order chi connectivity index (χ1) is 16.0. The largest absolute Gasteiger partial charge is 0.481 e. The van der Waals surface area contributed by atoms with Crippen LogP contribution in [0.25, 0.3) is 28.1 Å². The molecule has 0 atom stereocenters. The highest BCUT2D eigenvalue weighted by Crippen LogP contribution is 2.34. The molecule has 2 aromatic carbocycles. The number of carbonyl (C=O) groups is 2. The minimum atomic E-state index is -0.552. The summed E-state index contributed by atoms with van der Waals surface area (Å²) < 4.78 is 21.9. The molecule has 33 heavy (non-hydrogen) atoms. The number of anilines is 1. The van der Waals surface area contributed by atoms with Crippen molar-refractivity contribution in [2.75, 3.05) is 19.5 Å². The van der Waals surface area contributed by atoms with Crippen LogP contribution >= 0.6 is 0 Å². The highest BCUT2D eigenvalue weighted by Gasteiger charge is 2.21. The number of halogens is 1. The Morgan fingerprint density at radius 1 is 1.18 bits per heavy atom. The molecule has 0 unspecified atom stereocenters. The quantitative estimate of drug-likeness (QED) is 0.501. The van der Waals surface area contributed by atoms with Crippen LogP contribution in [0.3, 0.4) is 0 Å². The van der Waals surface area contributed by atoms with Gasteiger partial charge in [-0.2, -0.15) is 0 Å². The number of hydrogen-bond acceptors (Lipinski definition) is 5. The molecule has 1 aliphatic rings. The van der Waals surface area contributed by atoms with Crippen LogP contribution < -0.4 is 15.4 Å². The normalized spacial score (nSPS) is 12.9. The monoisotopic (exact) mass is 445 g/mol.